The van der Waals surface area contributed by atoms with Crippen LogP contribution in [0, 0.1) is 0 Å². The van der Waals surface area contributed by atoms with Crippen LogP contribution in [0.3, 0.4) is 0 Å². The fourth-order valence-corrected chi connectivity index (χ4v) is 1.94. The first kappa shape index (κ1) is 17.3. The zero-order valence-electron chi connectivity index (χ0n) is 12.2. The van der Waals surface area contributed by atoms with Crippen LogP contribution in [-0.2, 0) is 9.59 Å². The summed E-state index contributed by atoms with van der Waals surface area (Å²) in [6.45, 7) is 1.43. The van der Waals surface area contributed by atoms with E-state index in [1.165, 1.54) is 0 Å². The van der Waals surface area contributed by atoms with Gasteiger partial charge in [-0.15, -0.1) is 11.8 Å². The third kappa shape index (κ3) is 8.21. The molecule has 1 amide bonds. The van der Waals surface area contributed by atoms with E-state index in [2.05, 4.69) is 5.32 Å². The Hall–Kier alpha value is -1.73. The maximum Gasteiger partial charge on any atom is 0.313 e. The van der Waals surface area contributed by atoms with Crippen molar-refractivity contribution in [2.75, 3.05) is 44.1 Å². The number of carbonyl (C=O) groups excluding carboxylic acids is 1. The smallest absolute Gasteiger partial charge is 0.313 e. The van der Waals surface area contributed by atoms with Crippen LogP contribution < -0.4 is 10.1 Å². The van der Waals surface area contributed by atoms with Gasteiger partial charge in [-0.3, -0.25) is 9.59 Å². The Morgan fingerprint density at radius 1 is 1.24 bits per heavy atom. The zero-order chi connectivity index (χ0) is 15.7. The minimum Gasteiger partial charge on any atom is -0.492 e. The van der Waals surface area contributed by atoms with Crippen molar-refractivity contribution in [3.8, 4) is 5.75 Å². The lowest BCUT2D eigenvalue weighted by Crippen LogP contribution is -2.19. The highest BCUT2D eigenvalue weighted by molar-refractivity contribution is 8.00. The molecule has 0 radical (unpaired) electrons. The summed E-state index contributed by atoms with van der Waals surface area (Å²) in [6.07, 6.45) is 0. The summed E-state index contributed by atoms with van der Waals surface area (Å²) in [6, 6.07) is 7.08. The molecule has 1 rings (SSSR count). The van der Waals surface area contributed by atoms with Crippen molar-refractivity contribution < 1.29 is 19.4 Å². The molecule has 0 aromatic heterocycles. The molecule has 1 aromatic rings. The van der Waals surface area contributed by atoms with E-state index in [0.717, 1.165) is 24.1 Å². The average Bonchev–Trinajstić information content (AvgIpc) is 2.40. The fraction of sp³-hybridized carbons (Fsp3) is 0.429. The number of likely N-dealkylation sites (N-methyl/N-ethyl adjacent to an activating group) is 1. The number of rotatable bonds is 9. The van der Waals surface area contributed by atoms with Gasteiger partial charge in [-0.2, -0.15) is 0 Å². The molecule has 0 saturated heterocycles. The molecule has 0 atom stereocenters. The molecule has 0 fully saturated rings. The quantitative estimate of drug-likeness (QED) is 0.717. The van der Waals surface area contributed by atoms with E-state index >= 15 is 0 Å². The molecule has 116 valence electrons. The maximum absolute atomic E-state index is 11.6. The van der Waals surface area contributed by atoms with Gasteiger partial charge in [0.15, 0.2) is 0 Å². The number of thioether (sulfide) groups is 1. The number of ether oxygens (including phenoxy) is 1. The number of hydrogen-bond donors (Lipinski definition) is 2. The van der Waals surface area contributed by atoms with Gasteiger partial charge in [-0.25, -0.2) is 0 Å². The normalized spacial score (nSPS) is 10.4. The summed E-state index contributed by atoms with van der Waals surface area (Å²) in [7, 11) is 3.95. The van der Waals surface area contributed by atoms with E-state index in [0.29, 0.717) is 12.3 Å². The Morgan fingerprint density at radius 2 is 1.90 bits per heavy atom. The number of hydrogen-bond acceptors (Lipinski definition) is 5. The predicted octanol–water partition coefficient (Wildman–Crippen LogP) is 1.38. The molecule has 7 heteroatoms. The number of benzene rings is 1. The lowest BCUT2D eigenvalue weighted by atomic mass is 10.3. The SMILES string of the molecule is CN(C)CCOc1ccc(NC(=O)CSCC(=O)O)cc1. The van der Waals surface area contributed by atoms with E-state index in [1.807, 2.05) is 19.0 Å². The summed E-state index contributed by atoms with van der Waals surface area (Å²) in [5.74, 6) is -0.357. The molecule has 6 nitrogen and oxygen atoms in total. The topological polar surface area (TPSA) is 78.9 Å². The number of carboxylic acid groups (broad SMARTS) is 1. The van der Waals surface area contributed by atoms with Crippen molar-refractivity contribution >= 4 is 29.3 Å². The zero-order valence-corrected chi connectivity index (χ0v) is 13.0. The molecule has 0 saturated carbocycles. The summed E-state index contributed by atoms with van der Waals surface area (Å²) in [5.41, 5.74) is 0.663. The van der Waals surface area contributed by atoms with Gasteiger partial charge in [0.2, 0.25) is 5.91 Å². The van der Waals surface area contributed by atoms with Gasteiger partial charge < -0.3 is 20.1 Å². The second kappa shape index (κ2) is 9.25. The lowest BCUT2D eigenvalue weighted by Gasteiger charge is -2.11. The van der Waals surface area contributed by atoms with Gasteiger partial charge in [0.05, 0.1) is 11.5 Å². The number of carbonyl (C=O) groups is 2. The Morgan fingerprint density at radius 3 is 2.48 bits per heavy atom. The number of aliphatic carboxylic acids is 1. The third-order valence-corrected chi connectivity index (χ3v) is 3.32. The molecule has 0 spiro atoms. The first-order chi connectivity index (χ1) is 9.97. The second-order valence-electron chi connectivity index (χ2n) is 4.61. The number of nitrogens with zero attached hydrogens (tertiary/aromatic N) is 1. The summed E-state index contributed by atoms with van der Waals surface area (Å²) >= 11 is 1.06. The molecule has 0 heterocycles. The Bertz CT molecular complexity index is 463. The van der Waals surface area contributed by atoms with Crippen molar-refractivity contribution in [3.05, 3.63) is 24.3 Å². The van der Waals surface area contributed by atoms with Crippen LogP contribution in [0.1, 0.15) is 0 Å². The van der Waals surface area contributed by atoms with Gasteiger partial charge in [0.25, 0.3) is 0 Å². The lowest BCUT2D eigenvalue weighted by molar-refractivity contribution is -0.133. The molecular weight excluding hydrogens is 292 g/mol. The summed E-state index contributed by atoms with van der Waals surface area (Å²) in [5, 5.41) is 11.2. The first-order valence-corrected chi connectivity index (χ1v) is 7.60. The Labute approximate surface area is 128 Å². The first-order valence-electron chi connectivity index (χ1n) is 6.44. The monoisotopic (exact) mass is 312 g/mol. The molecule has 1 aromatic carbocycles. The predicted molar refractivity (Wildman–Crippen MR) is 84.1 cm³/mol. The third-order valence-electron chi connectivity index (χ3n) is 2.40. The van der Waals surface area contributed by atoms with Crippen LogP contribution >= 0.6 is 11.8 Å². The summed E-state index contributed by atoms with van der Waals surface area (Å²) < 4.78 is 5.54. The highest BCUT2D eigenvalue weighted by Gasteiger charge is 2.05. The van der Waals surface area contributed by atoms with Gasteiger partial charge >= 0.3 is 5.97 Å². The molecule has 0 aliphatic carbocycles. The molecule has 0 bridgehead atoms. The molecular formula is C14H20N2O4S. The molecule has 0 unspecified atom stereocenters. The number of anilines is 1. The van der Waals surface area contributed by atoms with Gasteiger partial charge in [-0.05, 0) is 38.4 Å². The molecule has 0 aliphatic heterocycles. The van der Waals surface area contributed by atoms with Crippen LogP contribution in [-0.4, -0.2) is 60.6 Å². The summed E-state index contributed by atoms with van der Waals surface area (Å²) in [4.78, 5) is 23.9. The minimum atomic E-state index is -0.924. The van der Waals surface area contributed by atoms with Crippen LogP contribution in [0.15, 0.2) is 24.3 Å². The standard InChI is InChI=1S/C14H20N2O4S/c1-16(2)7-8-20-12-5-3-11(4-6-12)15-13(17)9-21-10-14(18)19/h3-6H,7-10H2,1-2H3,(H,15,17)(H,18,19). The highest BCUT2D eigenvalue weighted by atomic mass is 32.2. The van der Waals surface area contributed by atoms with Crippen molar-refractivity contribution in [2.24, 2.45) is 0 Å². The van der Waals surface area contributed by atoms with Crippen LogP contribution in [0.2, 0.25) is 0 Å². The average molecular weight is 312 g/mol. The van der Waals surface area contributed by atoms with Gasteiger partial charge in [0.1, 0.15) is 12.4 Å². The molecule has 2 N–H and O–H groups in total. The van der Waals surface area contributed by atoms with Crippen molar-refractivity contribution in [1.82, 2.24) is 4.90 Å². The van der Waals surface area contributed by atoms with Crippen LogP contribution in [0.25, 0.3) is 0 Å². The number of nitrogens with one attached hydrogen (secondary N) is 1. The van der Waals surface area contributed by atoms with E-state index in [4.69, 9.17) is 9.84 Å². The van der Waals surface area contributed by atoms with E-state index in [9.17, 15) is 9.59 Å². The number of amides is 1. The van der Waals surface area contributed by atoms with Crippen molar-refractivity contribution in [1.29, 1.82) is 0 Å². The number of carboxylic acids is 1. The molecule has 0 aliphatic rings. The Kier molecular flexibility index (Phi) is 7.63. The van der Waals surface area contributed by atoms with Gasteiger partial charge in [-0.1, -0.05) is 0 Å². The van der Waals surface area contributed by atoms with Crippen LogP contribution in [0.5, 0.6) is 5.75 Å². The Balaban J connectivity index is 2.33. The fourth-order valence-electron chi connectivity index (χ4n) is 1.41. The second-order valence-corrected chi connectivity index (χ2v) is 5.60. The maximum atomic E-state index is 11.6. The van der Waals surface area contributed by atoms with E-state index < -0.39 is 5.97 Å². The van der Waals surface area contributed by atoms with Crippen molar-refractivity contribution in [2.45, 2.75) is 0 Å². The van der Waals surface area contributed by atoms with Crippen LogP contribution in [0.4, 0.5) is 5.69 Å². The van der Waals surface area contributed by atoms with E-state index in [-0.39, 0.29) is 17.4 Å². The largest absolute Gasteiger partial charge is 0.492 e. The van der Waals surface area contributed by atoms with E-state index in [1.54, 1.807) is 24.3 Å². The molecule has 21 heavy (non-hydrogen) atoms. The van der Waals surface area contributed by atoms with Crippen molar-refractivity contribution in [3.63, 3.8) is 0 Å². The van der Waals surface area contributed by atoms with Gasteiger partial charge in [0, 0.05) is 12.2 Å². The minimum absolute atomic E-state index is 0.0773. The highest BCUT2D eigenvalue weighted by Crippen LogP contribution is 2.16.